The van der Waals surface area contributed by atoms with Gasteiger partial charge >= 0.3 is 0 Å². The molecule has 0 amide bonds. The van der Waals surface area contributed by atoms with Crippen molar-refractivity contribution in [2.75, 3.05) is 26.7 Å². The largest absolute Gasteiger partial charge is 0.319 e. The van der Waals surface area contributed by atoms with E-state index in [1.165, 1.54) is 6.42 Å². The summed E-state index contributed by atoms with van der Waals surface area (Å²) in [7, 11) is 2.02. The Morgan fingerprint density at radius 3 is 2.89 bits per heavy atom. The van der Waals surface area contributed by atoms with E-state index in [-0.39, 0.29) is 0 Å². The van der Waals surface area contributed by atoms with Gasteiger partial charge in [0, 0.05) is 19.6 Å². The second-order valence-corrected chi connectivity index (χ2v) is 6.30. The fraction of sp³-hybridized carbons (Fsp3) is 0.571. The Labute approximate surface area is 119 Å². The predicted molar refractivity (Wildman–Crippen MR) is 78.4 cm³/mol. The second-order valence-electron chi connectivity index (χ2n) is 5.51. The third-order valence-electron chi connectivity index (χ3n) is 3.67. The number of rotatable bonds is 4. The monoisotopic (exact) mass is 286 g/mol. The lowest BCUT2D eigenvalue weighted by Gasteiger charge is -2.24. The van der Waals surface area contributed by atoms with Crippen LogP contribution in [0.4, 0.5) is 0 Å². The van der Waals surface area contributed by atoms with Crippen LogP contribution >= 0.6 is 23.2 Å². The predicted octanol–water partition coefficient (Wildman–Crippen LogP) is 3.42. The Morgan fingerprint density at radius 1 is 1.39 bits per heavy atom. The third kappa shape index (κ3) is 3.18. The number of benzene rings is 1. The SMILES string of the molecule is CNCC1(C)CCN(Cc2cccc(Cl)c2Cl)C1. The molecular formula is C14H20Cl2N2. The molecule has 0 saturated carbocycles. The lowest BCUT2D eigenvalue weighted by atomic mass is 9.90. The summed E-state index contributed by atoms with van der Waals surface area (Å²) < 4.78 is 0. The maximum atomic E-state index is 6.23. The van der Waals surface area contributed by atoms with E-state index in [2.05, 4.69) is 23.2 Å². The first kappa shape index (κ1) is 14.1. The number of hydrogen-bond acceptors (Lipinski definition) is 2. The highest BCUT2D eigenvalue weighted by Gasteiger charge is 2.33. The van der Waals surface area contributed by atoms with Gasteiger partial charge in [0.25, 0.3) is 0 Å². The number of hydrogen-bond donors (Lipinski definition) is 1. The topological polar surface area (TPSA) is 15.3 Å². The van der Waals surface area contributed by atoms with Crippen LogP contribution in [0.5, 0.6) is 0 Å². The summed E-state index contributed by atoms with van der Waals surface area (Å²) in [5.74, 6) is 0. The molecule has 1 heterocycles. The van der Waals surface area contributed by atoms with E-state index in [9.17, 15) is 0 Å². The lowest BCUT2D eigenvalue weighted by molar-refractivity contribution is 0.265. The molecule has 0 radical (unpaired) electrons. The maximum absolute atomic E-state index is 6.23. The van der Waals surface area contributed by atoms with E-state index in [1.54, 1.807) is 0 Å². The molecule has 0 spiro atoms. The van der Waals surface area contributed by atoms with Crippen LogP contribution in [0.3, 0.4) is 0 Å². The van der Waals surface area contributed by atoms with Crippen molar-refractivity contribution < 1.29 is 0 Å². The molecule has 1 unspecified atom stereocenters. The first-order valence-electron chi connectivity index (χ1n) is 6.34. The third-order valence-corrected chi connectivity index (χ3v) is 4.52. The van der Waals surface area contributed by atoms with E-state index in [0.717, 1.165) is 31.7 Å². The van der Waals surface area contributed by atoms with Gasteiger partial charge in [-0.2, -0.15) is 0 Å². The van der Waals surface area contributed by atoms with Gasteiger partial charge in [-0.05, 0) is 37.1 Å². The Bertz CT molecular complexity index is 422. The van der Waals surface area contributed by atoms with Crippen molar-refractivity contribution in [1.29, 1.82) is 0 Å². The molecule has 0 aliphatic carbocycles. The molecule has 1 aromatic carbocycles. The summed E-state index contributed by atoms with van der Waals surface area (Å²) in [6.45, 7) is 6.52. The lowest BCUT2D eigenvalue weighted by Crippen LogP contribution is -2.32. The molecule has 0 aromatic heterocycles. The fourth-order valence-electron chi connectivity index (χ4n) is 2.74. The van der Waals surface area contributed by atoms with E-state index in [1.807, 2.05) is 19.2 Å². The van der Waals surface area contributed by atoms with Crippen LogP contribution in [-0.2, 0) is 6.54 Å². The zero-order chi connectivity index (χ0) is 13.2. The van der Waals surface area contributed by atoms with Crippen molar-refractivity contribution in [2.45, 2.75) is 19.9 Å². The summed E-state index contributed by atoms with van der Waals surface area (Å²) in [6.07, 6.45) is 1.23. The quantitative estimate of drug-likeness (QED) is 0.912. The molecule has 0 bridgehead atoms. The van der Waals surface area contributed by atoms with Gasteiger partial charge in [0.1, 0.15) is 0 Å². The number of nitrogens with zero attached hydrogens (tertiary/aromatic N) is 1. The van der Waals surface area contributed by atoms with Crippen LogP contribution in [0, 0.1) is 5.41 Å². The van der Waals surface area contributed by atoms with Gasteiger partial charge in [-0.3, -0.25) is 4.90 Å². The molecule has 1 saturated heterocycles. The number of nitrogens with one attached hydrogen (secondary N) is 1. The summed E-state index contributed by atoms with van der Waals surface area (Å²) in [5, 5.41) is 4.62. The van der Waals surface area contributed by atoms with Crippen LogP contribution in [0.15, 0.2) is 18.2 Å². The van der Waals surface area contributed by atoms with E-state index < -0.39 is 0 Å². The molecule has 100 valence electrons. The molecule has 4 heteroatoms. The highest BCUT2D eigenvalue weighted by molar-refractivity contribution is 6.42. The van der Waals surface area contributed by atoms with Crippen LogP contribution in [0.2, 0.25) is 10.0 Å². The molecule has 2 nitrogen and oxygen atoms in total. The molecule has 1 aliphatic heterocycles. The van der Waals surface area contributed by atoms with Gasteiger partial charge in [-0.25, -0.2) is 0 Å². The normalized spacial score (nSPS) is 24.7. The molecule has 18 heavy (non-hydrogen) atoms. The highest BCUT2D eigenvalue weighted by atomic mass is 35.5. The average molecular weight is 287 g/mol. The second kappa shape index (κ2) is 5.79. The summed E-state index contributed by atoms with van der Waals surface area (Å²) in [5.41, 5.74) is 1.50. The van der Waals surface area contributed by atoms with Gasteiger partial charge < -0.3 is 5.32 Å². The zero-order valence-corrected chi connectivity index (χ0v) is 12.5. The molecule has 1 aliphatic rings. The first-order valence-corrected chi connectivity index (χ1v) is 7.09. The van der Waals surface area contributed by atoms with Crippen molar-refractivity contribution in [3.8, 4) is 0 Å². The molecule has 1 atom stereocenters. The maximum Gasteiger partial charge on any atom is 0.0637 e. The standard InChI is InChI=1S/C14H20Cl2N2/c1-14(9-17-2)6-7-18(10-14)8-11-4-3-5-12(15)13(11)16/h3-5,17H,6-10H2,1-2H3. The Morgan fingerprint density at radius 2 is 2.17 bits per heavy atom. The van der Waals surface area contributed by atoms with Gasteiger partial charge in [0.2, 0.25) is 0 Å². The Kier molecular flexibility index (Phi) is 4.54. The van der Waals surface area contributed by atoms with Gasteiger partial charge in [0.15, 0.2) is 0 Å². The van der Waals surface area contributed by atoms with Crippen LogP contribution in [-0.4, -0.2) is 31.6 Å². The molecule has 1 fully saturated rings. The van der Waals surface area contributed by atoms with Crippen molar-refractivity contribution in [3.63, 3.8) is 0 Å². The van der Waals surface area contributed by atoms with Crippen molar-refractivity contribution in [2.24, 2.45) is 5.41 Å². The Balaban J connectivity index is 2.01. The zero-order valence-electron chi connectivity index (χ0n) is 11.0. The van der Waals surface area contributed by atoms with Gasteiger partial charge in [-0.1, -0.05) is 42.3 Å². The van der Waals surface area contributed by atoms with Crippen LogP contribution < -0.4 is 5.32 Å². The van der Waals surface area contributed by atoms with Crippen molar-refractivity contribution in [1.82, 2.24) is 10.2 Å². The first-order chi connectivity index (χ1) is 8.54. The van der Waals surface area contributed by atoms with Crippen LogP contribution in [0.25, 0.3) is 0 Å². The van der Waals surface area contributed by atoms with E-state index >= 15 is 0 Å². The summed E-state index contributed by atoms with van der Waals surface area (Å²) in [6, 6.07) is 5.86. The molecular weight excluding hydrogens is 267 g/mol. The van der Waals surface area contributed by atoms with Crippen LogP contribution in [0.1, 0.15) is 18.9 Å². The minimum atomic E-state index is 0.375. The van der Waals surface area contributed by atoms with Crippen molar-refractivity contribution >= 4 is 23.2 Å². The number of halogens is 2. The van der Waals surface area contributed by atoms with E-state index in [0.29, 0.717) is 15.5 Å². The van der Waals surface area contributed by atoms with E-state index in [4.69, 9.17) is 23.2 Å². The Hall–Kier alpha value is -0.280. The fourth-order valence-corrected chi connectivity index (χ4v) is 3.12. The van der Waals surface area contributed by atoms with Gasteiger partial charge in [-0.15, -0.1) is 0 Å². The smallest absolute Gasteiger partial charge is 0.0637 e. The van der Waals surface area contributed by atoms with Gasteiger partial charge in [0.05, 0.1) is 10.0 Å². The number of likely N-dealkylation sites (tertiary alicyclic amines) is 1. The molecule has 2 rings (SSSR count). The average Bonchev–Trinajstić information content (AvgIpc) is 2.67. The van der Waals surface area contributed by atoms with Crippen molar-refractivity contribution in [3.05, 3.63) is 33.8 Å². The summed E-state index contributed by atoms with van der Waals surface area (Å²) >= 11 is 12.3. The molecule has 1 aromatic rings. The minimum absolute atomic E-state index is 0.375. The highest BCUT2D eigenvalue weighted by Crippen LogP contribution is 2.32. The molecule has 1 N–H and O–H groups in total. The minimum Gasteiger partial charge on any atom is -0.319 e. The summed E-state index contributed by atoms with van der Waals surface area (Å²) in [4.78, 5) is 2.45.